The average Bonchev–Trinajstić information content (AvgIpc) is 4.19. The monoisotopic (exact) mass is 1160 g/mol. The Bertz CT molecular complexity index is 2700. The van der Waals surface area contributed by atoms with Crippen LogP contribution in [-0.4, -0.2) is 185 Å². The predicted octanol–water partition coefficient (Wildman–Crippen LogP) is -6.75. The topological polar surface area (TPSA) is 574 Å². The molecule has 20 N–H and O–H groups in total. The van der Waals surface area contributed by atoms with E-state index in [1.165, 1.54) is 4.90 Å². The van der Waals surface area contributed by atoms with Crippen molar-refractivity contribution < 1.29 is 81.8 Å². The normalized spacial score (nSPS) is 23.2. The number of fused-ring (bicyclic) bond motifs is 1. The van der Waals surface area contributed by atoms with Crippen molar-refractivity contribution >= 4 is 118 Å². The highest BCUT2D eigenvalue weighted by atomic mass is 32.2. The highest BCUT2D eigenvalue weighted by Gasteiger charge is 2.55. The van der Waals surface area contributed by atoms with Crippen LogP contribution in [-0.2, 0) is 40.1 Å². The number of primary amides is 1. The van der Waals surface area contributed by atoms with Crippen LogP contribution in [0.25, 0.3) is 0 Å². The fraction of sp³-hybridized carbons (Fsp3) is 0.526. The third-order valence-corrected chi connectivity index (χ3v) is 11.7. The van der Waals surface area contributed by atoms with E-state index >= 15 is 0 Å². The van der Waals surface area contributed by atoms with Crippen LogP contribution in [0.4, 0.5) is 43.2 Å². The molecule has 1 spiro atoms. The molecule has 9 aliphatic rings. The molecule has 22 amide bonds. The summed E-state index contributed by atoms with van der Waals surface area (Å²) >= 11 is 1.70. The largest absolute Gasteiger partial charge is 0.480 e. The van der Waals surface area contributed by atoms with Crippen LogP contribution in [0, 0.1) is 0 Å². The first-order valence-corrected chi connectivity index (χ1v) is 24.2. The number of nitrogens with two attached hydrogens (primary N) is 1. The zero-order valence-corrected chi connectivity index (χ0v) is 44.2. The molecule has 0 radical (unpaired) electrons. The molecular formula is C38H56N20O19S2. The fourth-order valence-electron chi connectivity index (χ4n) is 7.46. The molecule has 9 aliphatic heterocycles. The molecule has 9 fully saturated rings. The minimum Gasteiger partial charge on any atom is -0.480 e. The molecular weight excluding hydrogens is 1100 g/mol. The van der Waals surface area contributed by atoms with Gasteiger partial charge >= 0.3 is 59.6 Å². The van der Waals surface area contributed by atoms with Gasteiger partial charge in [0.25, 0.3) is 28.2 Å². The number of piperidine rings is 1. The van der Waals surface area contributed by atoms with Gasteiger partial charge in [-0.1, -0.05) is 11.8 Å². The Balaban J connectivity index is 0.000000241. The van der Waals surface area contributed by atoms with Gasteiger partial charge in [0.15, 0.2) is 5.37 Å². The van der Waals surface area contributed by atoms with Gasteiger partial charge in [0.1, 0.15) is 36.5 Å². The third-order valence-electron chi connectivity index (χ3n) is 10.0. The zero-order chi connectivity index (χ0) is 60.0. The van der Waals surface area contributed by atoms with Gasteiger partial charge in [-0.2, -0.15) is 0 Å². The molecule has 1 unspecified atom stereocenters. The van der Waals surface area contributed by atoms with Crippen molar-refractivity contribution in [2.24, 2.45) is 5.73 Å². The van der Waals surface area contributed by atoms with E-state index in [4.69, 9.17) is 10.8 Å². The van der Waals surface area contributed by atoms with Crippen molar-refractivity contribution in [3.05, 3.63) is 21.0 Å². The first-order valence-electron chi connectivity index (χ1n) is 22.4. The van der Waals surface area contributed by atoms with E-state index in [0.717, 1.165) is 11.8 Å². The number of nitrogens with zero attached hydrogens (tertiary/aromatic N) is 2. The summed E-state index contributed by atoms with van der Waals surface area (Å²) in [5.74, 6) is -2.58. The van der Waals surface area contributed by atoms with Gasteiger partial charge in [-0.05, 0) is 66.1 Å². The van der Waals surface area contributed by atoms with Crippen LogP contribution in [0.2, 0.25) is 0 Å². The highest BCUT2D eigenvalue weighted by Crippen LogP contribution is 2.37. The van der Waals surface area contributed by atoms with Crippen molar-refractivity contribution in [3.63, 3.8) is 0 Å². The maximum absolute atomic E-state index is 11.9. The van der Waals surface area contributed by atoms with Crippen LogP contribution in [0.3, 0.4) is 0 Å². The summed E-state index contributed by atoms with van der Waals surface area (Å²) in [7, 11) is 1.57. The lowest BCUT2D eigenvalue weighted by atomic mass is 9.71. The van der Waals surface area contributed by atoms with Crippen molar-refractivity contribution in [2.45, 2.75) is 101 Å². The van der Waals surface area contributed by atoms with Gasteiger partial charge in [0.05, 0.1) is 12.3 Å². The summed E-state index contributed by atoms with van der Waals surface area (Å²) in [5, 5.41) is 44.4. The highest BCUT2D eigenvalue weighted by molar-refractivity contribution is 8.15. The van der Waals surface area contributed by atoms with Gasteiger partial charge in [0, 0.05) is 18.1 Å². The Labute approximate surface area is 451 Å². The zero-order valence-electron chi connectivity index (χ0n) is 42.6. The number of imide groups is 6. The summed E-state index contributed by atoms with van der Waals surface area (Å²) in [4.78, 5) is 192. The Morgan fingerprint density at radius 2 is 1.20 bits per heavy atom. The lowest BCUT2D eigenvalue weighted by molar-refractivity contribution is -0.138. The molecule has 10 heterocycles. The summed E-state index contributed by atoms with van der Waals surface area (Å²) in [5.41, 5.74) is 1.46. The molecule has 1 aromatic heterocycles. The number of aromatic amines is 2. The lowest BCUT2D eigenvalue weighted by Crippen LogP contribution is -2.68. The number of amides is 22. The molecule has 0 saturated carbocycles. The standard InChI is InChI=1S/C11H19N3O2.C5H8N2O2.C4H6N4O2.C4H5N3O4.C4H5N3O3S.C4H6N2O2.C3H4N2O2.C3H3NO2S/c1-9(2)5-11(6-10(3,4)14-9)7(15)12-8(16)13-11;1-5(2)3(8)6-4(9)7-5;9-3-5-1-2(7-3)8-4(10)6-1;8-2(9)1-7-4(11)5-3(10)6-7;5-3(9)7-2-1(8)6-4(10)11-2;1-6-2-3(7)5-4(6)8;6-2-1-4-3(7)5-2;5-2-1-7-3(6)4-2/h14H,5-6H2,1-4H3,(H2,12,13,15,16);1-2H3,(H2,6,7,8,9);1-2H,(H2,5,7,9)(H2,6,8,10);1H2,(H,8,9)(H2,5,6,10,11);2H,(H3,5,7,9)(H,6,8,10);2H2,1H3,(H,5,7,8);1H2,(H2,4,5,6,7);1H2,(H,4,5,6). The molecule has 1 aromatic rings. The van der Waals surface area contributed by atoms with Crippen molar-refractivity contribution in [1.82, 2.24) is 99.4 Å². The van der Waals surface area contributed by atoms with Gasteiger partial charge in [-0.15, -0.1) is 0 Å². The van der Waals surface area contributed by atoms with Crippen molar-refractivity contribution in [1.29, 1.82) is 0 Å². The number of hydrogen-bond acceptors (Lipinski definition) is 21. The second-order valence-corrected chi connectivity index (χ2v) is 20.7. The molecule has 0 aromatic carbocycles. The van der Waals surface area contributed by atoms with Gasteiger partial charge in [-0.25, -0.2) is 52.9 Å². The summed E-state index contributed by atoms with van der Waals surface area (Å²) in [6.45, 7) is 11.3. The maximum Gasteiger partial charge on any atom is 0.344 e. The molecule has 0 bridgehead atoms. The van der Waals surface area contributed by atoms with E-state index in [9.17, 15) is 86.3 Å². The fourth-order valence-corrected chi connectivity index (χ4v) is 8.70. The van der Waals surface area contributed by atoms with Crippen LogP contribution in [0.5, 0.6) is 0 Å². The Hall–Kier alpha value is -9.28. The smallest absolute Gasteiger partial charge is 0.344 e. The molecule has 41 heteroatoms. The van der Waals surface area contributed by atoms with E-state index in [1.54, 1.807) is 20.9 Å². The molecule has 434 valence electrons. The minimum atomic E-state index is -1.19. The molecule has 9 saturated heterocycles. The third kappa shape index (κ3) is 21.0. The average molecular weight is 1160 g/mol. The van der Waals surface area contributed by atoms with E-state index in [-0.39, 0.29) is 95.4 Å². The van der Waals surface area contributed by atoms with Gasteiger partial charge in [-0.3, -0.25) is 80.0 Å². The number of aromatic nitrogens is 3. The number of carbonyl (C=O) groups excluding carboxylic acids is 15. The second kappa shape index (κ2) is 26.7. The summed E-state index contributed by atoms with van der Waals surface area (Å²) in [6.07, 6.45) is 0.641. The number of urea groups is 7. The van der Waals surface area contributed by atoms with Crippen molar-refractivity contribution in [3.8, 4) is 0 Å². The van der Waals surface area contributed by atoms with Crippen LogP contribution >= 0.6 is 23.5 Å². The Morgan fingerprint density at radius 3 is 1.47 bits per heavy atom. The number of carboxylic acids is 1. The molecule has 39 nitrogen and oxygen atoms in total. The van der Waals surface area contributed by atoms with Crippen LogP contribution in [0.1, 0.15) is 54.4 Å². The molecule has 1 atom stereocenters. The molecule has 10 rings (SSSR count). The van der Waals surface area contributed by atoms with E-state index in [0.29, 0.717) is 35.0 Å². The summed E-state index contributed by atoms with van der Waals surface area (Å²) < 4.78 is 0.671. The van der Waals surface area contributed by atoms with Crippen molar-refractivity contribution in [2.75, 3.05) is 25.9 Å². The number of carbonyl (C=O) groups is 16. The van der Waals surface area contributed by atoms with Gasteiger partial charge in [0.2, 0.25) is 17.7 Å². The predicted molar refractivity (Wildman–Crippen MR) is 266 cm³/mol. The number of nitrogens with one attached hydrogen (secondary N) is 17. The number of thioether (sulfide) groups is 2. The summed E-state index contributed by atoms with van der Waals surface area (Å²) in [6, 6.07) is -2.85. The van der Waals surface area contributed by atoms with Crippen LogP contribution < -0.4 is 96.9 Å². The van der Waals surface area contributed by atoms with E-state index in [2.05, 4.69) is 69.1 Å². The first-order chi connectivity index (χ1) is 36.4. The minimum absolute atomic E-state index is 0.124. The van der Waals surface area contributed by atoms with E-state index < -0.39 is 69.6 Å². The number of hydrogen-bond donors (Lipinski definition) is 19. The van der Waals surface area contributed by atoms with Crippen LogP contribution in [0.15, 0.2) is 9.59 Å². The number of likely N-dealkylation sites (N-methyl/N-ethyl adjacent to an activating group) is 1. The lowest BCUT2D eigenvalue weighted by Gasteiger charge is -2.50. The molecule has 79 heavy (non-hydrogen) atoms. The SMILES string of the molecule is CC1(C)CC2(CC(C)(C)N1)NC(=O)NC2=O.CC1(C)NC(=O)NC1=O.CN1CC(=O)NC1=O.NC(=O)NC1SC(=O)NC1=O.O=C(O)Cn1[nH]c(=O)[nH]c1=O.O=C1CNC(=O)N1.O=C1CSC(=O)N1.O=C1NC2NC(=O)NC2N1. The molecule has 0 aliphatic carbocycles. The van der Waals surface area contributed by atoms with Gasteiger partial charge < -0.3 is 63.6 Å². The first kappa shape index (κ1) is 64.0. The van der Waals surface area contributed by atoms with E-state index in [1.807, 2.05) is 48.4 Å². The number of aliphatic carboxylic acids is 1. The quantitative estimate of drug-likeness (QED) is 0.125. The Morgan fingerprint density at radius 1 is 0.658 bits per heavy atom. The maximum atomic E-state index is 11.9. The second-order valence-electron chi connectivity index (χ2n) is 18.7. The number of H-pyrrole nitrogens is 2. The Kier molecular flexibility index (Phi) is 21.6. The number of rotatable bonds is 3. The number of carboxylic acid groups (broad SMARTS) is 1.